The zero-order valence-corrected chi connectivity index (χ0v) is 29.1. The molecule has 0 radical (unpaired) electrons. The molecule has 2 saturated carbocycles. The van der Waals surface area contributed by atoms with Gasteiger partial charge in [0, 0.05) is 68.7 Å². The summed E-state index contributed by atoms with van der Waals surface area (Å²) in [5, 5.41) is 15.7. The highest BCUT2D eigenvalue weighted by Gasteiger charge is 2.30. The number of ether oxygens (including phenoxy) is 1. The summed E-state index contributed by atoms with van der Waals surface area (Å²) in [5.41, 5.74) is 4.15. The molecular formula is C39H43N9O4. The van der Waals surface area contributed by atoms with Crippen molar-refractivity contribution in [2.75, 3.05) is 42.9 Å². The predicted octanol–water partition coefficient (Wildman–Crippen LogP) is 4.95. The molecule has 4 aliphatic rings. The molecule has 5 heterocycles. The Kier molecular flexibility index (Phi) is 8.58. The van der Waals surface area contributed by atoms with Crippen molar-refractivity contribution >= 4 is 45.8 Å². The Morgan fingerprint density at radius 1 is 0.942 bits per heavy atom. The fourth-order valence-electron chi connectivity index (χ4n) is 8.07. The first kappa shape index (κ1) is 32.6. The number of anilines is 2. The Morgan fingerprint density at radius 2 is 1.75 bits per heavy atom. The van der Waals surface area contributed by atoms with Crippen LogP contribution < -0.4 is 20.3 Å². The van der Waals surface area contributed by atoms with E-state index < -0.39 is 0 Å². The van der Waals surface area contributed by atoms with Crippen molar-refractivity contribution < 1.29 is 19.1 Å². The number of hydrogen-bond acceptors (Lipinski definition) is 9. The Bertz CT molecular complexity index is 2120. The molecule has 9 rings (SSSR count). The Labute approximate surface area is 301 Å². The Hall–Kier alpha value is -5.30. The number of hydrogen-bond donors (Lipinski definition) is 2. The highest BCUT2D eigenvalue weighted by molar-refractivity contribution is 6.08. The molecule has 2 aliphatic heterocycles. The maximum Gasteiger partial charge on any atom is 0.260 e. The van der Waals surface area contributed by atoms with Crippen LogP contribution in [0.1, 0.15) is 79.2 Å². The van der Waals surface area contributed by atoms with Crippen molar-refractivity contribution in [2.24, 2.45) is 5.92 Å². The molecule has 2 N–H and O–H groups in total. The first-order valence-electron chi connectivity index (χ1n) is 18.6. The summed E-state index contributed by atoms with van der Waals surface area (Å²) < 4.78 is 9.94. The van der Waals surface area contributed by atoms with E-state index in [1.807, 2.05) is 36.4 Å². The number of nitrogens with zero attached hydrogens (tertiary/aromatic N) is 7. The maximum absolute atomic E-state index is 13.6. The average molecular weight is 702 g/mol. The van der Waals surface area contributed by atoms with Gasteiger partial charge in [-0.25, -0.2) is 4.98 Å². The normalized spacial score (nSPS) is 22.8. The molecule has 0 bridgehead atoms. The summed E-state index contributed by atoms with van der Waals surface area (Å²) >= 11 is 0. The van der Waals surface area contributed by atoms with Crippen LogP contribution in [0.3, 0.4) is 0 Å². The van der Waals surface area contributed by atoms with Gasteiger partial charge in [-0.2, -0.15) is 14.7 Å². The quantitative estimate of drug-likeness (QED) is 0.205. The summed E-state index contributed by atoms with van der Waals surface area (Å²) in [7, 11) is 0. The fourth-order valence-corrected chi connectivity index (χ4v) is 8.07. The minimum atomic E-state index is -0.262. The zero-order chi connectivity index (χ0) is 35.2. The predicted molar refractivity (Wildman–Crippen MR) is 196 cm³/mol. The number of fused-ring (bicyclic) bond motifs is 2. The van der Waals surface area contributed by atoms with Crippen molar-refractivity contribution in [3.05, 3.63) is 78.2 Å². The molecule has 2 aliphatic carbocycles. The molecule has 5 aromatic rings. The van der Waals surface area contributed by atoms with Crippen LogP contribution in [0.25, 0.3) is 16.6 Å². The second kappa shape index (κ2) is 13.7. The molecule has 2 aromatic carbocycles. The van der Waals surface area contributed by atoms with E-state index in [0.717, 1.165) is 74.9 Å². The number of imidazole rings is 1. The lowest BCUT2D eigenvalue weighted by atomic mass is 9.85. The number of benzene rings is 2. The highest BCUT2D eigenvalue weighted by Crippen LogP contribution is 2.36. The van der Waals surface area contributed by atoms with E-state index in [9.17, 15) is 14.4 Å². The first-order valence-corrected chi connectivity index (χ1v) is 18.6. The number of aromatic nitrogens is 5. The number of carbonyl (C=O) groups is 3. The molecule has 2 saturated heterocycles. The van der Waals surface area contributed by atoms with E-state index >= 15 is 0 Å². The molecule has 13 nitrogen and oxygen atoms in total. The summed E-state index contributed by atoms with van der Waals surface area (Å²) in [6, 6.07) is 16.1. The van der Waals surface area contributed by atoms with Crippen molar-refractivity contribution in [3.8, 4) is 5.75 Å². The highest BCUT2D eigenvalue weighted by atomic mass is 16.5. The third-order valence-corrected chi connectivity index (χ3v) is 11.2. The van der Waals surface area contributed by atoms with Crippen LogP contribution in [0.15, 0.2) is 67.1 Å². The fraction of sp³-hybridized carbons (Fsp3) is 0.436. The third kappa shape index (κ3) is 6.72. The summed E-state index contributed by atoms with van der Waals surface area (Å²) in [6.07, 6.45) is 13.0. The molecule has 3 aromatic heterocycles. The molecule has 0 spiro atoms. The SMILES string of the molecule is O=C1CCC(c2ccc(N3CCN(CC4CCC(n5cc6cc(C(=O)Nc7cnc8cccnn78)c(OC7CC7)cc6n5)CC4)CC3)cc2)C(=O)N1. The molecular weight excluding hydrogens is 658 g/mol. The van der Waals surface area contributed by atoms with Gasteiger partial charge in [-0.15, -0.1) is 0 Å². The van der Waals surface area contributed by atoms with Gasteiger partial charge in [-0.05, 0) is 86.8 Å². The first-order chi connectivity index (χ1) is 25.4. The lowest BCUT2D eigenvalue weighted by Gasteiger charge is -2.39. The standard InChI is InChI=1S/C39H43N9O4/c49-37-14-13-31(38(50)43-37)26-5-9-28(10-6-26)46-18-16-45(17-19-46)23-25-3-7-29(8-4-25)47-24-27-20-32(34(21-33(27)44-47)52-30-11-12-30)39(51)42-36-22-40-35-2-1-15-41-48(35)36/h1-2,5-6,9-10,15,20-22,24-25,29-31H,3-4,7-8,11-14,16-19,23H2,(H,42,51)(H,43,49,50). The van der Waals surface area contributed by atoms with Crippen molar-refractivity contribution in [1.82, 2.24) is 34.6 Å². The molecule has 4 fully saturated rings. The second-order valence-electron chi connectivity index (χ2n) is 14.8. The minimum absolute atomic E-state index is 0.139. The number of piperazine rings is 1. The van der Waals surface area contributed by atoms with Gasteiger partial charge in [-0.1, -0.05) is 12.1 Å². The topological polar surface area (TPSA) is 139 Å². The lowest BCUT2D eigenvalue weighted by Crippen LogP contribution is -2.48. The van der Waals surface area contributed by atoms with Gasteiger partial charge in [0.25, 0.3) is 5.91 Å². The van der Waals surface area contributed by atoms with E-state index in [1.165, 1.54) is 18.5 Å². The van der Waals surface area contributed by atoms with Gasteiger partial charge in [0.2, 0.25) is 11.8 Å². The monoisotopic (exact) mass is 701 g/mol. The van der Waals surface area contributed by atoms with E-state index in [0.29, 0.717) is 47.6 Å². The number of amides is 3. The molecule has 3 amide bonds. The molecule has 268 valence electrons. The van der Waals surface area contributed by atoms with E-state index in [4.69, 9.17) is 9.84 Å². The molecule has 52 heavy (non-hydrogen) atoms. The van der Waals surface area contributed by atoms with Crippen LogP contribution in [0, 0.1) is 5.92 Å². The van der Waals surface area contributed by atoms with E-state index in [1.54, 1.807) is 16.9 Å². The number of piperidine rings is 1. The van der Waals surface area contributed by atoms with Gasteiger partial charge < -0.3 is 15.0 Å². The molecule has 13 heteroatoms. The summed E-state index contributed by atoms with van der Waals surface area (Å²) in [6.45, 7) is 5.16. The Morgan fingerprint density at radius 3 is 2.52 bits per heavy atom. The van der Waals surface area contributed by atoms with Gasteiger partial charge in [0.1, 0.15) is 5.75 Å². The second-order valence-corrected chi connectivity index (χ2v) is 14.8. The van der Waals surface area contributed by atoms with Crippen LogP contribution >= 0.6 is 0 Å². The lowest BCUT2D eigenvalue weighted by molar-refractivity contribution is -0.134. The van der Waals surface area contributed by atoms with Crippen LogP contribution in [-0.2, 0) is 9.59 Å². The van der Waals surface area contributed by atoms with Crippen molar-refractivity contribution in [1.29, 1.82) is 0 Å². The van der Waals surface area contributed by atoms with Gasteiger partial charge in [-0.3, -0.25) is 29.3 Å². The van der Waals surface area contributed by atoms with Crippen LogP contribution in [0.2, 0.25) is 0 Å². The number of nitrogens with one attached hydrogen (secondary N) is 2. The van der Waals surface area contributed by atoms with E-state index in [2.05, 4.69) is 53.5 Å². The van der Waals surface area contributed by atoms with Crippen LogP contribution in [0.4, 0.5) is 11.5 Å². The average Bonchev–Trinajstić information content (AvgIpc) is 3.74. The Balaban J connectivity index is 0.796. The number of carbonyl (C=O) groups excluding carboxylic acids is 3. The minimum Gasteiger partial charge on any atom is -0.490 e. The largest absolute Gasteiger partial charge is 0.490 e. The molecule has 1 atom stereocenters. The van der Waals surface area contributed by atoms with Crippen molar-refractivity contribution in [2.45, 2.75) is 69.4 Å². The summed E-state index contributed by atoms with van der Waals surface area (Å²) in [4.78, 5) is 46.8. The van der Waals surface area contributed by atoms with Crippen LogP contribution in [-0.4, -0.2) is 85.8 Å². The van der Waals surface area contributed by atoms with E-state index in [-0.39, 0.29) is 29.7 Å². The van der Waals surface area contributed by atoms with Gasteiger partial charge >= 0.3 is 0 Å². The van der Waals surface area contributed by atoms with Gasteiger partial charge in [0.15, 0.2) is 11.5 Å². The van der Waals surface area contributed by atoms with Gasteiger partial charge in [0.05, 0.1) is 35.3 Å². The zero-order valence-electron chi connectivity index (χ0n) is 29.1. The number of imide groups is 1. The smallest absolute Gasteiger partial charge is 0.260 e. The number of rotatable bonds is 9. The van der Waals surface area contributed by atoms with Crippen molar-refractivity contribution in [3.63, 3.8) is 0 Å². The molecule has 1 unspecified atom stereocenters. The third-order valence-electron chi connectivity index (χ3n) is 11.2. The summed E-state index contributed by atoms with van der Waals surface area (Å²) in [5.74, 6) is 0.863. The van der Waals surface area contributed by atoms with Crippen LogP contribution in [0.5, 0.6) is 5.75 Å². The maximum atomic E-state index is 13.6.